The highest BCUT2D eigenvalue weighted by molar-refractivity contribution is 7.99. The van der Waals surface area contributed by atoms with Crippen molar-refractivity contribution in [3.05, 3.63) is 18.2 Å². The summed E-state index contributed by atoms with van der Waals surface area (Å²) in [6.45, 7) is 9.50. The number of fused-ring (bicyclic) bond motifs is 1. The van der Waals surface area contributed by atoms with Crippen LogP contribution in [-0.4, -0.2) is 53.1 Å². The number of hydrogen-bond donors (Lipinski definition) is 1. The van der Waals surface area contributed by atoms with Crippen LogP contribution in [-0.2, 0) is 21.4 Å². The van der Waals surface area contributed by atoms with Crippen LogP contribution < -0.4 is 5.32 Å². The SMILES string of the molecule is CCN(CC)S(=O)(=O)c1ccc2c(c1)nc(SCC(=O)N[C@@H](C)C13CC4CC(CC(C4)C1)C3)n2CC. The second-order valence-corrected chi connectivity index (χ2v) is 14.1. The van der Waals surface area contributed by atoms with Gasteiger partial charge in [0.2, 0.25) is 15.9 Å². The zero-order chi connectivity index (χ0) is 25.7. The van der Waals surface area contributed by atoms with E-state index in [-0.39, 0.29) is 16.8 Å². The summed E-state index contributed by atoms with van der Waals surface area (Å²) in [5.41, 5.74) is 1.83. The van der Waals surface area contributed by atoms with E-state index in [4.69, 9.17) is 4.98 Å². The minimum absolute atomic E-state index is 0.0581. The molecule has 1 aromatic carbocycles. The lowest BCUT2D eigenvalue weighted by molar-refractivity contribution is -0.123. The molecule has 4 saturated carbocycles. The predicted octanol–water partition coefficient (Wildman–Crippen LogP) is 4.90. The van der Waals surface area contributed by atoms with Gasteiger partial charge in [-0.2, -0.15) is 4.31 Å². The summed E-state index contributed by atoms with van der Waals surface area (Å²) in [5, 5.41) is 4.10. The minimum atomic E-state index is -3.55. The molecule has 1 N–H and O–H groups in total. The molecule has 198 valence electrons. The lowest BCUT2D eigenvalue weighted by Gasteiger charge is -2.59. The second-order valence-electron chi connectivity index (χ2n) is 11.2. The Hall–Kier alpha value is -1.58. The quantitative estimate of drug-likeness (QED) is 0.440. The van der Waals surface area contributed by atoms with E-state index in [1.54, 1.807) is 12.1 Å². The van der Waals surface area contributed by atoms with Crippen molar-refractivity contribution in [3.63, 3.8) is 0 Å². The molecule has 0 saturated heterocycles. The van der Waals surface area contributed by atoms with Crippen LogP contribution in [0.3, 0.4) is 0 Å². The van der Waals surface area contributed by atoms with Gasteiger partial charge < -0.3 is 9.88 Å². The van der Waals surface area contributed by atoms with Crippen LogP contribution in [0.15, 0.2) is 28.3 Å². The Morgan fingerprint density at radius 2 is 1.75 bits per heavy atom. The molecule has 1 heterocycles. The molecule has 4 bridgehead atoms. The summed E-state index contributed by atoms with van der Waals surface area (Å²) in [4.78, 5) is 18.0. The molecule has 4 aliphatic carbocycles. The molecule has 0 unspecified atom stereocenters. The van der Waals surface area contributed by atoms with Gasteiger partial charge in [-0.25, -0.2) is 13.4 Å². The number of hydrogen-bond acceptors (Lipinski definition) is 5. The smallest absolute Gasteiger partial charge is 0.243 e. The van der Waals surface area contributed by atoms with Crippen LogP contribution >= 0.6 is 11.8 Å². The molecule has 0 spiro atoms. The standard InChI is InChI=1S/C27H40N4O3S2/c1-5-30(6-2)36(33,34)22-8-9-24-23(13-22)29-26(31(24)7-3)35-17-25(32)28-18(4)27-14-19-10-20(15-27)12-21(11-19)16-27/h8-9,13,18-21H,5-7,10-12,14-17H2,1-4H3,(H,28,32)/t18-,19?,20?,21?,27?/m0/s1. The highest BCUT2D eigenvalue weighted by Crippen LogP contribution is 2.61. The fourth-order valence-electron chi connectivity index (χ4n) is 7.65. The number of nitrogens with zero attached hydrogens (tertiary/aromatic N) is 3. The van der Waals surface area contributed by atoms with Crippen molar-refractivity contribution < 1.29 is 13.2 Å². The van der Waals surface area contributed by atoms with Crippen LogP contribution in [0.25, 0.3) is 11.0 Å². The van der Waals surface area contributed by atoms with Gasteiger partial charge in [-0.1, -0.05) is 25.6 Å². The zero-order valence-electron chi connectivity index (χ0n) is 22.0. The fourth-order valence-corrected chi connectivity index (χ4v) is 10.0. The van der Waals surface area contributed by atoms with Crippen molar-refractivity contribution in [2.24, 2.45) is 23.2 Å². The zero-order valence-corrected chi connectivity index (χ0v) is 23.6. The number of carbonyl (C=O) groups is 1. The maximum absolute atomic E-state index is 13.0. The minimum Gasteiger partial charge on any atom is -0.352 e. The highest BCUT2D eigenvalue weighted by atomic mass is 32.2. The largest absolute Gasteiger partial charge is 0.352 e. The van der Waals surface area contributed by atoms with Gasteiger partial charge in [-0.3, -0.25) is 4.79 Å². The van der Waals surface area contributed by atoms with E-state index in [1.807, 2.05) is 26.8 Å². The van der Waals surface area contributed by atoms with Gasteiger partial charge in [0, 0.05) is 25.7 Å². The van der Waals surface area contributed by atoms with Crippen LogP contribution in [0.5, 0.6) is 0 Å². The van der Waals surface area contributed by atoms with Crippen LogP contribution in [0.4, 0.5) is 0 Å². The monoisotopic (exact) mass is 532 g/mol. The van der Waals surface area contributed by atoms with Gasteiger partial charge in [0.25, 0.3) is 0 Å². The van der Waals surface area contributed by atoms with Crippen LogP contribution in [0.1, 0.15) is 66.2 Å². The van der Waals surface area contributed by atoms with Crippen molar-refractivity contribution in [1.82, 2.24) is 19.2 Å². The third-order valence-corrected chi connectivity index (χ3v) is 12.1. The van der Waals surface area contributed by atoms with E-state index in [0.29, 0.717) is 36.3 Å². The number of nitrogens with one attached hydrogen (secondary N) is 1. The Morgan fingerprint density at radius 1 is 1.14 bits per heavy atom. The normalized spacial score (nSPS) is 28.2. The summed E-state index contributed by atoms with van der Waals surface area (Å²) in [7, 11) is -3.55. The molecular formula is C27H40N4O3S2. The number of imidazole rings is 1. The van der Waals surface area contributed by atoms with Gasteiger partial charge in [-0.05, 0) is 93.7 Å². The van der Waals surface area contributed by atoms with Gasteiger partial charge >= 0.3 is 0 Å². The van der Waals surface area contributed by atoms with Gasteiger partial charge in [0.15, 0.2) is 5.16 Å². The number of benzene rings is 1. The summed E-state index contributed by atoms with van der Waals surface area (Å²) < 4.78 is 29.5. The first-order valence-electron chi connectivity index (χ1n) is 13.6. The molecule has 4 aliphatic rings. The number of thioether (sulfide) groups is 1. The Kier molecular flexibility index (Phi) is 7.20. The lowest BCUT2D eigenvalue weighted by atomic mass is 9.48. The summed E-state index contributed by atoms with van der Waals surface area (Å²) >= 11 is 1.43. The molecule has 1 aromatic heterocycles. The van der Waals surface area contributed by atoms with E-state index in [1.165, 1.54) is 54.6 Å². The number of carbonyl (C=O) groups excluding carboxylic acids is 1. The number of rotatable bonds is 10. The molecular weight excluding hydrogens is 492 g/mol. The van der Waals surface area contributed by atoms with Crippen LogP contribution in [0.2, 0.25) is 0 Å². The maximum Gasteiger partial charge on any atom is 0.243 e. The van der Waals surface area contributed by atoms with Crippen molar-refractivity contribution in [1.29, 1.82) is 0 Å². The average Bonchev–Trinajstić information content (AvgIpc) is 3.19. The Balaban J connectivity index is 1.28. The van der Waals surface area contributed by atoms with E-state index in [9.17, 15) is 13.2 Å². The van der Waals surface area contributed by atoms with Crippen LogP contribution in [0, 0.1) is 23.2 Å². The Labute approximate surface area is 219 Å². The van der Waals surface area contributed by atoms with E-state index in [0.717, 1.165) is 28.4 Å². The van der Waals surface area contributed by atoms with Gasteiger partial charge in [0.1, 0.15) is 0 Å². The fraction of sp³-hybridized carbons (Fsp3) is 0.704. The third-order valence-electron chi connectivity index (χ3n) is 9.06. The molecule has 1 atom stereocenters. The first kappa shape index (κ1) is 26.0. The number of aryl methyl sites for hydroxylation is 1. The Morgan fingerprint density at radius 3 is 2.31 bits per heavy atom. The first-order chi connectivity index (χ1) is 17.2. The van der Waals surface area contributed by atoms with Crippen molar-refractivity contribution in [3.8, 4) is 0 Å². The van der Waals surface area contributed by atoms with Gasteiger partial charge in [-0.15, -0.1) is 0 Å². The molecule has 0 aliphatic heterocycles. The molecule has 6 rings (SSSR count). The summed E-state index contributed by atoms with van der Waals surface area (Å²) in [5.74, 6) is 2.97. The summed E-state index contributed by atoms with van der Waals surface area (Å²) in [6.07, 6.45) is 8.04. The van der Waals surface area contributed by atoms with Crippen molar-refractivity contribution in [2.45, 2.75) is 88.9 Å². The van der Waals surface area contributed by atoms with Gasteiger partial charge in [0.05, 0.1) is 21.7 Å². The second kappa shape index (κ2) is 9.95. The van der Waals surface area contributed by atoms with Crippen molar-refractivity contribution >= 4 is 38.7 Å². The first-order valence-corrected chi connectivity index (χ1v) is 16.0. The van der Waals surface area contributed by atoms with E-state index >= 15 is 0 Å². The predicted molar refractivity (Wildman–Crippen MR) is 144 cm³/mol. The van der Waals surface area contributed by atoms with E-state index in [2.05, 4.69) is 16.8 Å². The third kappa shape index (κ3) is 4.60. The molecule has 7 nitrogen and oxygen atoms in total. The topological polar surface area (TPSA) is 84.3 Å². The lowest BCUT2D eigenvalue weighted by Crippen LogP contribution is -2.56. The molecule has 2 aromatic rings. The van der Waals surface area contributed by atoms with E-state index < -0.39 is 10.0 Å². The number of amides is 1. The molecule has 4 fully saturated rings. The molecule has 36 heavy (non-hydrogen) atoms. The van der Waals surface area contributed by atoms with Crippen molar-refractivity contribution in [2.75, 3.05) is 18.8 Å². The maximum atomic E-state index is 13.0. The summed E-state index contributed by atoms with van der Waals surface area (Å²) in [6, 6.07) is 5.37. The highest BCUT2D eigenvalue weighted by Gasteiger charge is 2.53. The number of aromatic nitrogens is 2. The molecule has 0 radical (unpaired) electrons. The Bertz CT molecular complexity index is 1200. The molecule has 9 heteroatoms. The average molecular weight is 533 g/mol. The number of sulfonamides is 1. The molecule has 1 amide bonds.